The molecule has 2 aromatic heterocycles. The van der Waals surface area contributed by atoms with Crippen molar-refractivity contribution in [1.29, 1.82) is 0 Å². The van der Waals surface area contributed by atoms with Gasteiger partial charge in [-0.05, 0) is 42.4 Å². The van der Waals surface area contributed by atoms with E-state index in [9.17, 15) is 4.79 Å². The van der Waals surface area contributed by atoms with Crippen LogP contribution in [-0.2, 0) is 12.8 Å². The maximum absolute atomic E-state index is 12.5. The molecular weight excluding hydrogens is 246 g/mol. The van der Waals surface area contributed by atoms with Crippen LogP contribution in [0.4, 0.5) is 0 Å². The van der Waals surface area contributed by atoms with Crippen LogP contribution in [0.1, 0.15) is 45.9 Å². The van der Waals surface area contributed by atoms with Gasteiger partial charge in [-0.1, -0.05) is 17.5 Å². The Morgan fingerprint density at radius 3 is 3.28 bits per heavy atom. The summed E-state index contributed by atoms with van der Waals surface area (Å²) in [6, 6.07) is 3.98. The molecule has 0 aliphatic heterocycles. The van der Waals surface area contributed by atoms with E-state index < -0.39 is 0 Å². The van der Waals surface area contributed by atoms with E-state index in [0.29, 0.717) is 4.88 Å². The minimum atomic E-state index is -0.103. The number of nitrogens with zero attached hydrogens (tertiary/aromatic N) is 3. The molecule has 0 amide bonds. The minimum absolute atomic E-state index is 0.103. The Morgan fingerprint density at radius 1 is 1.56 bits per heavy atom. The van der Waals surface area contributed by atoms with Crippen LogP contribution in [0, 0.1) is 0 Å². The van der Waals surface area contributed by atoms with Crippen LogP contribution in [0.25, 0.3) is 0 Å². The average molecular weight is 259 g/mol. The van der Waals surface area contributed by atoms with Crippen LogP contribution < -0.4 is 0 Å². The third-order valence-electron chi connectivity index (χ3n) is 3.39. The van der Waals surface area contributed by atoms with E-state index >= 15 is 0 Å². The zero-order valence-corrected chi connectivity index (χ0v) is 10.9. The summed E-state index contributed by atoms with van der Waals surface area (Å²) in [5.74, 6) is 0.0352. The first-order valence-corrected chi connectivity index (χ1v) is 6.87. The van der Waals surface area contributed by atoms with Crippen LogP contribution in [0.3, 0.4) is 0 Å². The van der Waals surface area contributed by atoms with Gasteiger partial charge in [-0.25, -0.2) is 0 Å². The number of carbonyl (C=O) groups excluding carboxylic acids is 1. The normalized spacial score (nSPS) is 17.7. The smallest absolute Gasteiger partial charge is 0.185 e. The second-order valence-corrected chi connectivity index (χ2v) is 5.16. The monoisotopic (exact) mass is 259 g/mol. The highest BCUT2D eigenvalue weighted by atomic mass is 32.1. The quantitative estimate of drug-likeness (QED) is 0.794. The van der Waals surface area contributed by atoms with Crippen LogP contribution in [-0.4, -0.2) is 20.4 Å². The van der Waals surface area contributed by atoms with E-state index in [1.54, 1.807) is 6.20 Å². The fourth-order valence-electron chi connectivity index (χ4n) is 2.45. The molecule has 0 spiro atoms. The number of aryl methyl sites for hydroxylation is 2. The zero-order chi connectivity index (χ0) is 12.5. The summed E-state index contributed by atoms with van der Waals surface area (Å²) in [6.45, 7) is 1.99. The number of hydrogen-bond donors (Lipinski definition) is 0. The van der Waals surface area contributed by atoms with Gasteiger partial charge < -0.3 is 0 Å². The van der Waals surface area contributed by atoms with Crippen molar-refractivity contribution in [3.05, 3.63) is 40.2 Å². The van der Waals surface area contributed by atoms with Crippen LogP contribution in [0.2, 0.25) is 0 Å². The topological polar surface area (TPSA) is 55.7 Å². The highest BCUT2D eigenvalue weighted by molar-refractivity contribution is 7.08. The van der Waals surface area contributed by atoms with Crippen molar-refractivity contribution in [2.75, 3.05) is 0 Å². The largest absolute Gasteiger partial charge is 0.292 e. The molecule has 18 heavy (non-hydrogen) atoms. The Morgan fingerprint density at radius 2 is 2.44 bits per heavy atom. The first-order chi connectivity index (χ1) is 8.81. The van der Waals surface area contributed by atoms with Gasteiger partial charge >= 0.3 is 0 Å². The Hall–Kier alpha value is -1.62. The number of carbonyl (C=O) groups is 1. The third-order valence-corrected chi connectivity index (χ3v) is 4.17. The number of aromatic nitrogens is 3. The lowest BCUT2D eigenvalue weighted by Gasteiger charge is -2.08. The highest BCUT2D eigenvalue weighted by Gasteiger charge is 2.32. The molecule has 1 unspecified atom stereocenters. The second kappa shape index (κ2) is 4.57. The van der Waals surface area contributed by atoms with Gasteiger partial charge in [-0.2, -0.15) is 0 Å². The second-order valence-electron chi connectivity index (χ2n) is 4.41. The molecule has 0 saturated heterocycles. The average Bonchev–Trinajstić information content (AvgIpc) is 3.04. The lowest BCUT2D eigenvalue weighted by Crippen LogP contribution is -2.11. The molecule has 5 heteroatoms. The number of ketones is 1. The van der Waals surface area contributed by atoms with E-state index in [1.807, 2.05) is 13.0 Å². The van der Waals surface area contributed by atoms with Crippen LogP contribution in [0.15, 0.2) is 18.3 Å². The molecule has 0 N–H and O–H groups in total. The number of Topliss-reactive ketones (excluding diaryl/α,β-unsaturated/α-hetero) is 1. The van der Waals surface area contributed by atoms with Crippen molar-refractivity contribution >= 4 is 17.3 Å². The lowest BCUT2D eigenvalue weighted by molar-refractivity contribution is 0.0961. The summed E-state index contributed by atoms with van der Waals surface area (Å²) in [6.07, 6.45) is 4.30. The van der Waals surface area contributed by atoms with E-state index in [2.05, 4.69) is 20.6 Å². The molecule has 2 aromatic rings. The number of hydrogen-bond acceptors (Lipinski definition) is 5. The van der Waals surface area contributed by atoms with Crippen molar-refractivity contribution < 1.29 is 4.79 Å². The van der Waals surface area contributed by atoms with Gasteiger partial charge in [-0.15, -0.1) is 5.10 Å². The summed E-state index contributed by atoms with van der Waals surface area (Å²) in [5, 5.41) is 4.01. The predicted octanol–water partition coefficient (Wildman–Crippen LogP) is 2.41. The van der Waals surface area contributed by atoms with Gasteiger partial charge in [-0.3, -0.25) is 9.78 Å². The fourth-order valence-corrected chi connectivity index (χ4v) is 3.20. The zero-order valence-electron chi connectivity index (χ0n) is 10.1. The van der Waals surface area contributed by atoms with Crippen LogP contribution in [0.5, 0.6) is 0 Å². The molecule has 4 nitrogen and oxygen atoms in total. The van der Waals surface area contributed by atoms with E-state index in [1.165, 1.54) is 17.1 Å². The molecule has 0 fully saturated rings. The molecule has 0 bridgehead atoms. The first-order valence-electron chi connectivity index (χ1n) is 6.10. The standard InChI is InChI=1S/C13H13N3OS/c1-2-10-13(18-16-15-10)12(17)9-6-5-8-4-3-7-14-11(8)9/h3-4,7,9H,2,5-6H2,1H3. The van der Waals surface area contributed by atoms with Gasteiger partial charge in [0, 0.05) is 6.20 Å². The Balaban J connectivity index is 1.96. The number of rotatable bonds is 3. The molecular formula is C13H13N3OS. The van der Waals surface area contributed by atoms with Crippen molar-refractivity contribution in [2.45, 2.75) is 32.1 Å². The molecule has 3 rings (SSSR count). The summed E-state index contributed by atoms with van der Waals surface area (Å²) < 4.78 is 3.89. The number of fused-ring (bicyclic) bond motifs is 1. The van der Waals surface area contributed by atoms with Gasteiger partial charge in [0.05, 0.1) is 17.3 Å². The summed E-state index contributed by atoms with van der Waals surface area (Å²) >= 11 is 1.21. The molecule has 0 aromatic carbocycles. The van der Waals surface area contributed by atoms with Gasteiger partial charge in [0.1, 0.15) is 4.88 Å². The Kier molecular flexibility index (Phi) is 2.91. The van der Waals surface area contributed by atoms with E-state index in [0.717, 1.165) is 30.7 Å². The van der Waals surface area contributed by atoms with Gasteiger partial charge in [0.2, 0.25) is 0 Å². The maximum atomic E-state index is 12.5. The van der Waals surface area contributed by atoms with Crippen molar-refractivity contribution in [1.82, 2.24) is 14.6 Å². The fraction of sp³-hybridized carbons (Fsp3) is 0.385. The molecule has 2 heterocycles. The summed E-state index contributed by atoms with van der Waals surface area (Å²) in [4.78, 5) is 17.6. The molecule has 1 aliphatic rings. The summed E-state index contributed by atoms with van der Waals surface area (Å²) in [5.41, 5.74) is 2.96. The molecule has 1 aliphatic carbocycles. The van der Waals surface area contributed by atoms with E-state index in [4.69, 9.17) is 0 Å². The molecule has 0 saturated carbocycles. The Bertz CT molecular complexity index is 593. The highest BCUT2D eigenvalue weighted by Crippen LogP contribution is 2.34. The molecule has 0 radical (unpaired) electrons. The van der Waals surface area contributed by atoms with Crippen molar-refractivity contribution in [3.8, 4) is 0 Å². The SMILES string of the molecule is CCc1nnsc1C(=O)C1CCc2cccnc21. The van der Waals surface area contributed by atoms with Crippen LogP contribution >= 0.6 is 11.5 Å². The van der Waals surface area contributed by atoms with E-state index in [-0.39, 0.29) is 11.7 Å². The van der Waals surface area contributed by atoms with Crippen molar-refractivity contribution in [2.24, 2.45) is 0 Å². The Labute approximate surface area is 109 Å². The maximum Gasteiger partial charge on any atom is 0.185 e. The number of pyridine rings is 1. The van der Waals surface area contributed by atoms with Gasteiger partial charge in [0.25, 0.3) is 0 Å². The molecule has 92 valence electrons. The van der Waals surface area contributed by atoms with Gasteiger partial charge in [0.15, 0.2) is 5.78 Å². The lowest BCUT2D eigenvalue weighted by atomic mass is 9.99. The third kappa shape index (κ3) is 1.75. The minimum Gasteiger partial charge on any atom is -0.292 e. The van der Waals surface area contributed by atoms with Crippen molar-refractivity contribution in [3.63, 3.8) is 0 Å². The first kappa shape index (κ1) is 11.5. The predicted molar refractivity (Wildman–Crippen MR) is 68.9 cm³/mol. The summed E-state index contributed by atoms with van der Waals surface area (Å²) in [7, 11) is 0. The molecule has 1 atom stereocenters.